The third-order valence-electron chi connectivity index (χ3n) is 4.12. The van der Waals surface area contributed by atoms with Crippen molar-refractivity contribution in [2.24, 2.45) is 11.3 Å². The normalized spacial score (nSPS) is 19.4. The summed E-state index contributed by atoms with van der Waals surface area (Å²) in [4.78, 5) is 25.1. The van der Waals surface area contributed by atoms with E-state index in [1.165, 1.54) is 14.0 Å². The van der Waals surface area contributed by atoms with E-state index in [1.54, 1.807) is 0 Å². The molecule has 0 radical (unpaired) electrons. The van der Waals surface area contributed by atoms with Gasteiger partial charge in [-0.3, -0.25) is 4.79 Å². The van der Waals surface area contributed by atoms with Gasteiger partial charge in [-0.25, -0.2) is 4.79 Å². The van der Waals surface area contributed by atoms with Crippen LogP contribution in [0.3, 0.4) is 0 Å². The number of ether oxygens (including phenoxy) is 1. The highest BCUT2D eigenvalue weighted by Crippen LogP contribution is 2.34. The molecule has 0 aromatic carbocycles. The smallest absolute Gasteiger partial charge is 0.329 e. The van der Waals surface area contributed by atoms with Gasteiger partial charge in [-0.05, 0) is 37.3 Å². The molecule has 0 aromatic heterocycles. The van der Waals surface area contributed by atoms with Crippen molar-refractivity contribution in [1.82, 2.24) is 10.2 Å². The van der Waals surface area contributed by atoms with E-state index in [0.717, 1.165) is 31.8 Å². The van der Waals surface area contributed by atoms with Gasteiger partial charge in [-0.2, -0.15) is 0 Å². The quantitative estimate of drug-likeness (QED) is 0.793. The second-order valence-corrected chi connectivity index (χ2v) is 6.72. The Bertz CT molecular complexity index is 342. The first kappa shape index (κ1) is 17.0. The van der Waals surface area contributed by atoms with Gasteiger partial charge in [0.05, 0.1) is 7.11 Å². The third kappa shape index (κ3) is 5.12. The van der Waals surface area contributed by atoms with Crippen LogP contribution in [0.4, 0.5) is 0 Å². The van der Waals surface area contributed by atoms with Crippen molar-refractivity contribution in [1.29, 1.82) is 0 Å². The molecule has 0 bridgehead atoms. The molecule has 0 aromatic rings. The molecule has 1 unspecified atom stereocenters. The fourth-order valence-corrected chi connectivity index (χ4v) is 2.81. The molecule has 1 amide bonds. The van der Waals surface area contributed by atoms with Gasteiger partial charge in [0.25, 0.3) is 0 Å². The summed E-state index contributed by atoms with van der Waals surface area (Å²) in [5.74, 6) is 0.138. The zero-order chi connectivity index (χ0) is 15.3. The third-order valence-corrected chi connectivity index (χ3v) is 4.12. The molecule has 1 rings (SSSR count). The van der Waals surface area contributed by atoms with E-state index < -0.39 is 6.04 Å². The fourth-order valence-electron chi connectivity index (χ4n) is 2.81. The number of methoxy groups -OCH3 is 1. The molecule has 1 saturated heterocycles. The SMILES string of the molecule is COC(=O)C(CN1CCC(C(C)(C)C)CC1)NC(C)=O. The molecular weight excluding hydrogens is 256 g/mol. The van der Waals surface area contributed by atoms with Crippen LogP contribution in [-0.4, -0.2) is 49.6 Å². The number of esters is 1. The maximum absolute atomic E-state index is 11.7. The number of carbonyl (C=O) groups is 2. The Kier molecular flexibility index (Phi) is 5.99. The van der Waals surface area contributed by atoms with E-state index in [-0.39, 0.29) is 11.9 Å². The number of hydrogen-bond donors (Lipinski definition) is 1. The Morgan fingerprint density at radius 3 is 2.25 bits per heavy atom. The topological polar surface area (TPSA) is 58.6 Å². The summed E-state index contributed by atoms with van der Waals surface area (Å²) >= 11 is 0. The standard InChI is InChI=1S/C15H28N2O3/c1-11(18)16-13(14(19)20-5)10-17-8-6-12(7-9-17)15(2,3)4/h12-13H,6-10H2,1-5H3,(H,16,18). The monoisotopic (exact) mass is 284 g/mol. The minimum atomic E-state index is -0.566. The molecule has 5 heteroatoms. The van der Waals surface area contributed by atoms with Gasteiger partial charge in [-0.15, -0.1) is 0 Å². The molecule has 20 heavy (non-hydrogen) atoms. The van der Waals surface area contributed by atoms with Crippen molar-refractivity contribution in [2.75, 3.05) is 26.7 Å². The molecule has 0 spiro atoms. The van der Waals surface area contributed by atoms with Crippen LogP contribution in [0.2, 0.25) is 0 Å². The molecule has 1 aliphatic heterocycles. The van der Waals surface area contributed by atoms with Crippen molar-refractivity contribution in [3.8, 4) is 0 Å². The number of nitrogens with one attached hydrogen (secondary N) is 1. The Balaban J connectivity index is 2.51. The van der Waals surface area contributed by atoms with Gasteiger partial charge in [-0.1, -0.05) is 20.8 Å². The molecule has 116 valence electrons. The van der Waals surface area contributed by atoms with Gasteiger partial charge >= 0.3 is 5.97 Å². The minimum Gasteiger partial charge on any atom is -0.467 e. The number of likely N-dealkylation sites (tertiary alicyclic amines) is 1. The van der Waals surface area contributed by atoms with Crippen molar-refractivity contribution >= 4 is 11.9 Å². The summed E-state index contributed by atoms with van der Waals surface area (Å²) in [5.41, 5.74) is 0.339. The maximum Gasteiger partial charge on any atom is 0.329 e. The number of carbonyl (C=O) groups excluding carboxylic acids is 2. The summed E-state index contributed by atoms with van der Waals surface area (Å²) in [6.45, 7) is 10.7. The average Bonchev–Trinajstić information content (AvgIpc) is 2.36. The van der Waals surface area contributed by atoms with Crippen LogP contribution in [0, 0.1) is 11.3 Å². The minimum absolute atomic E-state index is 0.204. The first-order chi connectivity index (χ1) is 9.24. The number of hydrogen-bond acceptors (Lipinski definition) is 4. The van der Waals surface area contributed by atoms with Gasteiger partial charge in [0.2, 0.25) is 5.91 Å². The van der Waals surface area contributed by atoms with E-state index >= 15 is 0 Å². The predicted molar refractivity (Wildman–Crippen MR) is 78.2 cm³/mol. The molecule has 1 fully saturated rings. The molecule has 1 aliphatic rings. The first-order valence-electron chi connectivity index (χ1n) is 7.31. The number of piperidine rings is 1. The predicted octanol–water partition coefficient (Wildman–Crippen LogP) is 1.42. The summed E-state index contributed by atoms with van der Waals surface area (Å²) in [6.07, 6.45) is 2.27. The van der Waals surface area contributed by atoms with Gasteiger partial charge in [0.15, 0.2) is 0 Å². The lowest BCUT2D eigenvalue weighted by Gasteiger charge is -2.39. The Morgan fingerprint density at radius 1 is 1.30 bits per heavy atom. The molecular formula is C15H28N2O3. The Morgan fingerprint density at radius 2 is 1.85 bits per heavy atom. The van der Waals surface area contributed by atoms with E-state index in [9.17, 15) is 9.59 Å². The van der Waals surface area contributed by atoms with Crippen molar-refractivity contribution in [3.05, 3.63) is 0 Å². The van der Waals surface area contributed by atoms with Crippen molar-refractivity contribution in [2.45, 2.75) is 46.6 Å². The van der Waals surface area contributed by atoms with Crippen molar-refractivity contribution < 1.29 is 14.3 Å². The van der Waals surface area contributed by atoms with Crippen LogP contribution in [0.25, 0.3) is 0 Å². The summed E-state index contributed by atoms with van der Waals surface area (Å²) in [6, 6.07) is -0.566. The second-order valence-electron chi connectivity index (χ2n) is 6.72. The summed E-state index contributed by atoms with van der Waals surface area (Å²) in [7, 11) is 1.35. The summed E-state index contributed by atoms with van der Waals surface area (Å²) < 4.78 is 4.75. The number of amides is 1. The van der Waals surface area contributed by atoms with E-state index in [0.29, 0.717) is 12.0 Å². The second kappa shape index (κ2) is 7.07. The van der Waals surface area contributed by atoms with Crippen LogP contribution in [-0.2, 0) is 14.3 Å². The van der Waals surface area contributed by atoms with Gasteiger partial charge in [0, 0.05) is 13.5 Å². The van der Waals surface area contributed by atoms with Crippen LogP contribution in [0.1, 0.15) is 40.5 Å². The lowest BCUT2D eigenvalue weighted by molar-refractivity contribution is -0.145. The Labute approximate surface area is 122 Å². The highest BCUT2D eigenvalue weighted by atomic mass is 16.5. The first-order valence-corrected chi connectivity index (χ1v) is 7.31. The fraction of sp³-hybridized carbons (Fsp3) is 0.867. The number of rotatable bonds is 4. The van der Waals surface area contributed by atoms with Crippen molar-refractivity contribution in [3.63, 3.8) is 0 Å². The maximum atomic E-state index is 11.7. The van der Waals surface area contributed by atoms with Gasteiger partial charge in [0.1, 0.15) is 6.04 Å². The lowest BCUT2D eigenvalue weighted by atomic mass is 9.75. The highest BCUT2D eigenvalue weighted by molar-refractivity contribution is 5.83. The molecule has 0 aliphatic carbocycles. The van der Waals surface area contributed by atoms with E-state index in [4.69, 9.17) is 4.74 Å². The summed E-state index contributed by atoms with van der Waals surface area (Å²) in [5, 5.41) is 2.66. The highest BCUT2D eigenvalue weighted by Gasteiger charge is 2.31. The van der Waals surface area contributed by atoms with Crippen LogP contribution < -0.4 is 5.32 Å². The average molecular weight is 284 g/mol. The van der Waals surface area contributed by atoms with E-state index in [1.807, 2.05) is 0 Å². The van der Waals surface area contributed by atoms with Crippen LogP contribution >= 0.6 is 0 Å². The molecule has 0 saturated carbocycles. The number of nitrogens with zero attached hydrogens (tertiary/aromatic N) is 1. The van der Waals surface area contributed by atoms with E-state index in [2.05, 4.69) is 31.0 Å². The zero-order valence-electron chi connectivity index (χ0n) is 13.4. The lowest BCUT2D eigenvalue weighted by Crippen LogP contribution is -2.50. The zero-order valence-corrected chi connectivity index (χ0v) is 13.4. The van der Waals surface area contributed by atoms with Crippen LogP contribution in [0.15, 0.2) is 0 Å². The van der Waals surface area contributed by atoms with Crippen LogP contribution in [0.5, 0.6) is 0 Å². The largest absolute Gasteiger partial charge is 0.467 e. The molecule has 5 nitrogen and oxygen atoms in total. The Hall–Kier alpha value is -1.10. The molecule has 1 atom stereocenters. The molecule has 1 N–H and O–H groups in total. The molecule has 1 heterocycles. The van der Waals surface area contributed by atoms with Gasteiger partial charge < -0.3 is 15.0 Å².